The van der Waals surface area contributed by atoms with E-state index in [2.05, 4.69) is 5.32 Å². The van der Waals surface area contributed by atoms with Crippen molar-refractivity contribution in [3.63, 3.8) is 0 Å². The molecule has 3 rings (SSSR count). The number of carbonyl (C=O) groups excluding carboxylic acids is 2. The van der Waals surface area contributed by atoms with E-state index in [1.54, 1.807) is 43.3 Å². The van der Waals surface area contributed by atoms with Crippen LogP contribution in [0.15, 0.2) is 66.7 Å². The first-order valence-corrected chi connectivity index (χ1v) is 16.2. The molecule has 0 saturated carbocycles. The molecule has 1 atom stereocenters. The summed E-state index contributed by atoms with van der Waals surface area (Å²) in [6, 6.07) is 18.2. The SMILES string of the molecule is CCCCNC(=O)[C@@H](Cc1ccccc1)N(Cc1ccc(Cl)c(Cl)c1)C(=O)CN(c1ccc(Cl)cc1C)S(C)(=O)=O. The van der Waals surface area contributed by atoms with Crippen molar-refractivity contribution >= 4 is 62.3 Å². The van der Waals surface area contributed by atoms with Gasteiger partial charge in [-0.2, -0.15) is 0 Å². The Balaban J connectivity index is 2.07. The lowest BCUT2D eigenvalue weighted by Crippen LogP contribution is -2.53. The number of benzene rings is 3. The molecule has 11 heteroatoms. The van der Waals surface area contributed by atoms with Crippen molar-refractivity contribution in [2.45, 2.75) is 45.7 Å². The highest BCUT2D eigenvalue weighted by molar-refractivity contribution is 7.92. The number of carbonyl (C=O) groups is 2. The van der Waals surface area contributed by atoms with Gasteiger partial charge in [0.2, 0.25) is 21.8 Å². The molecule has 0 aliphatic heterocycles. The van der Waals surface area contributed by atoms with Crippen LogP contribution in [0.25, 0.3) is 0 Å². The van der Waals surface area contributed by atoms with E-state index in [1.807, 2.05) is 37.3 Å². The fraction of sp³-hybridized carbons (Fsp3) is 0.333. The van der Waals surface area contributed by atoms with Crippen LogP contribution >= 0.6 is 34.8 Å². The lowest BCUT2D eigenvalue weighted by molar-refractivity contribution is -0.140. The zero-order valence-electron chi connectivity index (χ0n) is 23.2. The maximum atomic E-state index is 14.1. The minimum atomic E-state index is -3.89. The number of amides is 2. The molecule has 0 fully saturated rings. The van der Waals surface area contributed by atoms with E-state index in [-0.39, 0.29) is 18.9 Å². The van der Waals surface area contributed by atoms with Crippen LogP contribution in [0, 0.1) is 6.92 Å². The summed E-state index contributed by atoms with van der Waals surface area (Å²) in [7, 11) is -3.89. The Morgan fingerprint density at radius 3 is 2.24 bits per heavy atom. The number of aryl methyl sites for hydroxylation is 1. The number of nitrogens with one attached hydrogen (secondary N) is 1. The van der Waals surface area contributed by atoms with Gasteiger partial charge in [0.1, 0.15) is 12.6 Å². The summed E-state index contributed by atoms with van der Waals surface area (Å²) in [5, 5.41) is 4.05. The van der Waals surface area contributed by atoms with Crippen LogP contribution in [0.5, 0.6) is 0 Å². The molecular weight excluding hydrogens is 605 g/mol. The summed E-state index contributed by atoms with van der Waals surface area (Å²) in [5.74, 6) is -0.883. The smallest absolute Gasteiger partial charge is 0.244 e. The van der Waals surface area contributed by atoms with Gasteiger partial charge in [-0.25, -0.2) is 8.42 Å². The van der Waals surface area contributed by atoms with Gasteiger partial charge in [0, 0.05) is 24.5 Å². The molecule has 0 aliphatic rings. The average molecular weight is 639 g/mol. The third kappa shape index (κ3) is 9.36. The predicted molar refractivity (Wildman–Crippen MR) is 167 cm³/mol. The molecule has 2 amide bonds. The Labute approximate surface area is 257 Å². The van der Waals surface area contributed by atoms with Gasteiger partial charge < -0.3 is 10.2 Å². The van der Waals surface area contributed by atoms with E-state index >= 15 is 0 Å². The van der Waals surface area contributed by atoms with Crippen molar-refractivity contribution in [3.05, 3.63) is 98.5 Å². The Kier molecular flexibility index (Phi) is 11.9. The van der Waals surface area contributed by atoms with Crippen LogP contribution < -0.4 is 9.62 Å². The molecule has 0 aromatic heterocycles. The van der Waals surface area contributed by atoms with Crippen LogP contribution in [-0.4, -0.2) is 50.5 Å². The number of anilines is 1. The van der Waals surface area contributed by atoms with E-state index in [1.165, 1.54) is 4.90 Å². The van der Waals surface area contributed by atoms with Crippen molar-refractivity contribution in [1.82, 2.24) is 10.2 Å². The number of halogens is 3. The van der Waals surface area contributed by atoms with Crippen molar-refractivity contribution < 1.29 is 18.0 Å². The molecule has 0 aliphatic carbocycles. The highest BCUT2D eigenvalue weighted by Crippen LogP contribution is 2.27. The number of sulfonamides is 1. The normalized spacial score (nSPS) is 12.0. The second-order valence-corrected chi connectivity index (χ2v) is 13.0. The van der Waals surface area contributed by atoms with Crippen LogP contribution in [0.2, 0.25) is 15.1 Å². The predicted octanol–water partition coefficient (Wildman–Crippen LogP) is 6.28. The number of rotatable bonds is 13. The first kappa shape index (κ1) is 32.7. The minimum Gasteiger partial charge on any atom is -0.354 e. The number of nitrogens with zero attached hydrogens (tertiary/aromatic N) is 2. The summed E-state index contributed by atoms with van der Waals surface area (Å²) in [4.78, 5) is 29.2. The minimum absolute atomic E-state index is 0.00558. The molecule has 0 spiro atoms. The molecular formula is C30H34Cl3N3O4S. The van der Waals surface area contributed by atoms with E-state index in [4.69, 9.17) is 34.8 Å². The summed E-state index contributed by atoms with van der Waals surface area (Å²) in [6.45, 7) is 3.68. The molecule has 7 nitrogen and oxygen atoms in total. The second-order valence-electron chi connectivity index (χ2n) is 9.82. The van der Waals surface area contributed by atoms with Crippen LogP contribution in [0.1, 0.15) is 36.5 Å². The Hall–Kier alpha value is -2.78. The second kappa shape index (κ2) is 14.9. The molecule has 220 valence electrons. The van der Waals surface area contributed by atoms with Gasteiger partial charge in [-0.1, -0.05) is 84.5 Å². The van der Waals surface area contributed by atoms with E-state index in [9.17, 15) is 18.0 Å². The quantitative estimate of drug-likeness (QED) is 0.223. The molecule has 1 N–H and O–H groups in total. The molecule has 41 heavy (non-hydrogen) atoms. The fourth-order valence-corrected chi connectivity index (χ4v) is 5.84. The van der Waals surface area contributed by atoms with Crippen molar-refractivity contribution in [2.24, 2.45) is 0 Å². The standard InChI is InChI=1S/C30H34Cl3N3O4S/c1-4-5-15-34-30(38)28(18-22-9-7-6-8-10-22)35(19-23-11-13-25(32)26(33)17-23)29(37)20-36(41(3,39)40)27-14-12-24(31)16-21(27)2/h6-14,16-17,28H,4-5,15,18-20H2,1-3H3,(H,34,38)/t28-/m1/s1. The molecule has 3 aromatic carbocycles. The molecule has 0 unspecified atom stereocenters. The lowest BCUT2D eigenvalue weighted by atomic mass is 10.0. The number of hydrogen-bond donors (Lipinski definition) is 1. The summed E-state index contributed by atoms with van der Waals surface area (Å²) < 4.78 is 26.9. The Bertz CT molecular complexity index is 1470. The molecule has 0 heterocycles. The number of hydrogen-bond acceptors (Lipinski definition) is 4. The summed E-state index contributed by atoms with van der Waals surface area (Å²) in [5.41, 5.74) is 2.40. The summed E-state index contributed by atoms with van der Waals surface area (Å²) >= 11 is 18.5. The Morgan fingerprint density at radius 1 is 0.927 bits per heavy atom. The highest BCUT2D eigenvalue weighted by Gasteiger charge is 2.33. The monoisotopic (exact) mass is 637 g/mol. The van der Waals surface area contributed by atoms with E-state index < -0.39 is 28.5 Å². The van der Waals surface area contributed by atoms with Gasteiger partial charge in [-0.15, -0.1) is 0 Å². The fourth-order valence-electron chi connectivity index (χ4n) is 4.39. The van der Waals surface area contributed by atoms with Gasteiger partial charge in [0.25, 0.3) is 0 Å². The molecule has 3 aromatic rings. The molecule has 0 bridgehead atoms. The zero-order chi connectivity index (χ0) is 30.2. The zero-order valence-corrected chi connectivity index (χ0v) is 26.3. The van der Waals surface area contributed by atoms with E-state index in [0.717, 1.165) is 29.0 Å². The van der Waals surface area contributed by atoms with Gasteiger partial charge in [-0.05, 0) is 60.4 Å². The van der Waals surface area contributed by atoms with Crippen molar-refractivity contribution in [3.8, 4) is 0 Å². The third-order valence-corrected chi connectivity index (χ3v) is 8.64. The summed E-state index contributed by atoms with van der Waals surface area (Å²) in [6.07, 6.45) is 2.93. The van der Waals surface area contributed by atoms with Crippen molar-refractivity contribution in [2.75, 3.05) is 23.7 Å². The Morgan fingerprint density at radius 2 is 1.63 bits per heavy atom. The van der Waals surface area contributed by atoms with Gasteiger partial charge in [0.05, 0.1) is 22.0 Å². The maximum absolute atomic E-state index is 14.1. The largest absolute Gasteiger partial charge is 0.354 e. The average Bonchev–Trinajstić information content (AvgIpc) is 2.91. The van der Waals surface area contributed by atoms with Gasteiger partial charge >= 0.3 is 0 Å². The highest BCUT2D eigenvalue weighted by atomic mass is 35.5. The van der Waals surface area contributed by atoms with E-state index in [0.29, 0.717) is 38.4 Å². The van der Waals surface area contributed by atoms with Crippen LogP contribution in [0.3, 0.4) is 0 Å². The van der Waals surface area contributed by atoms with Gasteiger partial charge in [0.15, 0.2) is 0 Å². The lowest BCUT2D eigenvalue weighted by Gasteiger charge is -2.34. The first-order valence-electron chi connectivity index (χ1n) is 13.2. The third-order valence-electron chi connectivity index (χ3n) is 6.54. The topological polar surface area (TPSA) is 86.8 Å². The van der Waals surface area contributed by atoms with Crippen LogP contribution in [0.4, 0.5) is 5.69 Å². The number of unbranched alkanes of at least 4 members (excludes halogenated alkanes) is 1. The van der Waals surface area contributed by atoms with Crippen LogP contribution in [-0.2, 0) is 32.6 Å². The maximum Gasteiger partial charge on any atom is 0.244 e. The van der Waals surface area contributed by atoms with Gasteiger partial charge in [-0.3, -0.25) is 13.9 Å². The van der Waals surface area contributed by atoms with Crippen molar-refractivity contribution in [1.29, 1.82) is 0 Å². The molecule has 0 radical (unpaired) electrons. The first-order chi connectivity index (χ1) is 19.4. The molecule has 0 saturated heterocycles.